The molecule has 1 atom stereocenters. The van der Waals surface area contributed by atoms with E-state index in [9.17, 15) is 4.79 Å². The average Bonchev–Trinajstić information content (AvgIpc) is 2.22. The van der Waals surface area contributed by atoms with Gasteiger partial charge in [-0.1, -0.05) is 58.8 Å². The topological polar surface area (TPSA) is 17.1 Å². The summed E-state index contributed by atoms with van der Waals surface area (Å²) in [7, 11) is 0. The van der Waals surface area contributed by atoms with Gasteiger partial charge in [0.2, 0.25) is 0 Å². The molecule has 0 rings (SSSR count). The van der Waals surface area contributed by atoms with Crippen LogP contribution in [0.25, 0.3) is 0 Å². The lowest BCUT2D eigenvalue weighted by atomic mass is 9.94. The van der Waals surface area contributed by atoms with Gasteiger partial charge < -0.3 is 4.79 Å². The quantitative estimate of drug-likeness (QED) is 0.377. The van der Waals surface area contributed by atoms with Crippen LogP contribution in [0.15, 0.2) is 0 Å². The molecule has 0 radical (unpaired) electrons. The fraction of sp³-hybridized carbons (Fsp3) is 0.923. The molecule has 0 saturated heterocycles. The Morgan fingerprint density at radius 2 is 1.71 bits per heavy atom. The van der Waals surface area contributed by atoms with E-state index >= 15 is 0 Å². The summed E-state index contributed by atoms with van der Waals surface area (Å²) in [5.41, 5.74) is 0. The first kappa shape index (κ1) is 13.7. The third-order valence-electron chi connectivity index (χ3n) is 2.99. The molecular formula is C13H26O. The second-order valence-electron chi connectivity index (χ2n) is 4.22. The van der Waals surface area contributed by atoms with Crippen LogP contribution >= 0.6 is 0 Å². The van der Waals surface area contributed by atoms with Gasteiger partial charge in [-0.3, -0.25) is 0 Å². The molecule has 0 aromatic carbocycles. The van der Waals surface area contributed by atoms with Crippen LogP contribution in [0.5, 0.6) is 0 Å². The molecule has 1 nitrogen and oxygen atoms in total. The van der Waals surface area contributed by atoms with Crippen molar-refractivity contribution < 1.29 is 4.79 Å². The molecule has 14 heavy (non-hydrogen) atoms. The Labute approximate surface area is 89.3 Å². The van der Waals surface area contributed by atoms with Crippen molar-refractivity contribution in [3.05, 3.63) is 0 Å². The largest absolute Gasteiger partial charge is 0.303 e. The molecular weight excluding hydrogens is 172 g/mol. The molecule has 84 valence electrons. The van der Waals surface area contributed by atoms with Crippen LogP contribution in [0.1, 0.15) is 71.6 Å². The maximum atomic E-state index is 10.2. The minimum atomic E-state index is 0.757. The summed E-state index contributed by atoms with van der Waals surface area (Å²) in [6, 6.07) is 0. The van der Waals surface area contributed by atoms with Crippen molar-refractivity contribution in [2.75, 3.05) is 0 Å². The highest BCUT2D eigenvalue weighted by atomic mass is 16.1. The third-order valence-corrected chi connectivity index (χ3v) is 2.99. The predicted octanol–water partition coefficient (Wildman–Crippen LogP) is 4.35. The molecule has 0 aliphatic carbocycles. The first-order valence-electron chi connectivity index (χ1n) is 6.28. The van der Waals surface area contributed by atoms with Crippen LogP contribution in [0, 0.1) is 5.92 Å². The normalized spacial score (nSPS) is 12.7. The summed E-state index contributed by atoms with van der Waals surface area (Å²) in [6.07, 6.45) is 12.3. The molecule has 0 bridgehead atoms. The van der Waals surface area contributed by atoms with Gasteiger partial charge in [0.05, 0.1) is 0 Å². The van der Waals surface area contributed by atoms with Crippen molar-refractivity contribution in [1.82, 2.24) is 0 Å². The van der Waals surface area contributed by atoms with Gasteiger partial charge in [0.25, 0.3) is 0 Å². The van der Waals surface area contributed by atoms with Crippen LogP contribution in [-0.4, -0.2) is 6.29 Å². The standard InChI is InChI=1S/C13H26O/c1-3-5-6-7-8-10-13(4-2)11-9-12-14/h12-13H,3-11H2,1-2H3. The maximum absolute atomic E-state index is 10.2. The monoisotopic (exact) mass is 198 g/mol. The summed E-state index contributed by atoms with van der Waals surface area (Å²) >= 11 is 0. The maximum Gasteiger partial charge on any atom is 0.120 e. The zero-order valence-electron chi connectivity index (χ0n) is 9.93. The highest BCUT2D eigenvalue weighted by Gasteiger charge is 2.04. The van der Waals surface area contributed by atoms with E-state index in [-0.39, 0.29) is 0 Å². The minimum Gasteiger partial charge on any atom is -0.303 e. The molecule has 0 fully saturated rings. The van der Waals surface area contributed by atoms with Crippen molar-refractivity contribution in [1.29, 1.82) is 0 Å². The van der Waals surface area contributed by atoms with Crippen LogP contribution in [0.2, 0.25) is 0 Å². The van der Waals surface area contributed by atoms with Gasteiger partial charge >= 0.3 is 0 Å². The van der Waals surface area contributed by atoms with Gasteiger partial charge in [-0.05, 0) is 12.3 Å². The molecule has 0 spiro atoms. The van der Waals surface area contributed by atoms with Crippen molar-refractivity contribution in [3.63, 3.8) is 0 Å². The summed E-state index contributed by atoms with van der Waals surface area (Å²) in [5, 5.41) is 0. The Hall–Kier alpha value is -0.330. The zero-order chi connectivity index (χ0) is 10.6. The molecule has 0 aliphatic rings. The van der Waals surface area contributed by atoms with Crippen LogP contribution in [0.4, 0.5) is 0 Å². The summed E-state index contributed by atoms with van der Waals surface area (Å²) in [5.74, 6) is 0.793. The van der Waals surface area contributed by atoms with Gasteiger partial charge in [0.15, 0.2) is 0 Å². The van der Waals surface area contributed by atoms with Gasteiger partial charge in [-0.15, -0.1) is 0 Å². The van der Waals surface area contributed by atoms with Crippen molar-refractivity contribution in [2.24, 2.45) is 5.92 Å². The van der Waals surface area contributed by atoms with E-state index in [1.165, 1.54) is 44.9 Å². The van der Waals surface area contributed by atoms with E-state index in [1.807, 2.05) is 0 Å². The first-order chi connectivity index (χ1) is 6.85. The first-order valence-corrected chi connectivity index (χ1v) is 6.28. The molecule has 1 unspecified atom stereocenters. The van der Waals surface area contributed by atoms with Crippen molar-refractivity contribution in [2.45, 2.75) is 71.6 Å². The number of rotatable bonds is 10. The number of hydrogen-bond acceptors (Lipinski definition) is 1. The molecule has 0 aromatic rings. The third kappa shape index (κ3) is 8.28. The Morgan fingerprint density at radius 1 is 1.00 bits per heavy atom. The number of unbranched alkanes of at least 4 members (excludes halogenated alkanes) is 4. The van der Waals surface area contributed by atoms with Crippen molar-refractivity contribution in [3.8, 4) is 0 Å². The highest BCUT2D eigenvalue weighted by Crippen LogP contribution is 2.18. The fourth-order valence-corrected chi connectivity index (χ4v) is 1.89. The molecule has 1 heteroatoms. The Morgan fingerprint density at radius 3 is 2.29 bits per heavy atom. The van der Waals surface area contributed by atoms with E-state index in [1.54, 1.807) is 0 Å². The number of carbonyl (C=O) groups excluding carboxylic acids is 1. The SMILES string of the molecule is CCCCCCCC(CC)CCC=O. The average molecular weight is 198 g/mol. The fourth-order valence-electron chi connectivity index (χ4n) is 1.89. The van der Waals surface area contributed by atoms with Gasteiger partial charge in [0, 0.05) is 6.42 Å². The number of hydrogen-bond donors (Lipinski definition) is 0. The molecule has 0 heterocycles. The zero-order valence-corrected chi connectivity index (χ0v) is 9.93. The Kier molecular flexibility index (Phi) is 10.5. The lowest BCUT2D eigenvalue weighted by Crippen LogP contribution is -1.99. The van der Waals surface area contributed by atoms with E-state index in [0.717, 1.165) is 25.0 Å². The second kappa shape index (κ2) is 10.7. The van der Waals surface area contributed by atoms with Crippen molar-refractivity contribution >= 4 is 6.29 Å². The van der Waals surface area contributed by atoms with E-state index in [2.05, 4.69) is 13.8 Å². The van der Waals surface area contributed by atoms with E-state index < -0.39 is 0 Å². The summed E-state index contributed by atoms with van der Waals surface area (Å²) < 4.78 is 0. The van der Waals surface area contributed by atoms with Crippen LogP contribution in [0.3, 0.4) is 0 Å². The lowest BCUT2D eigenvalue weighted by Gasteiger charge is -2.12. The van der Waals surface area contributed by atoms with E-state index in [4.69, 9.17) is 0 Å². The number of aldehydes is 1. The molecule has 0 saturated carbocycles. The molecule has 0 N–H and O–H groups in total. The predicted molar refractivity (Wildman–Crippen MR) is 62.5 cm³/mol. The van der Waals surface area contributed by atoms with Gasteiger partial charge in [-0.2, -0.15) is 0 Å². The smallest absolute Gasteiger partial charge is 0.120 e. The van der Waals surface area contributed by atoms with Crippen LogP contribution < -0.4 is 0 Å². The summed E-state index contributed by atoms with van der Waals surface area (Å²) in [4.78, 5) is 10.2. The summed E-state index contributed by atoms with van der Waals surface area (Å²) in [6.45, 7) is 4.49. The Balaban J connectivity index is 3.28. The second-order valence-corrected chi connectivity index (χ2v) is 4.22. The Bertz CT molecular complexity index is 120. The lowest BCUT2D eigenvalue weighted by molar-refractivity contribution is -0.108. The van der Waals surface area contributed by atoms with E-state index in [0.29, 0.717) is 0 Å². The van der Waals surface area contributed by atoms with Gasteiger partial charge in [-0.25, -0.2) is 0 Å². The number of carbonyl (C=O) groups is 1. The minimum absolute atomic E-state index is 0.757. The molecule has 0 amide bonds. The molecule has 0 aromatic heterocycles. The van der Waals surface area contributed by atoms with Gasteiger partial charge in [0.1, 0.15) is 6.29 Å². The van der Waals surface area contributed by atoms with Crippen LogP contribution in [-0.2, 0) is 4.79 Å². The molecule has 0 aliphatic heterocycles. The highest BCUT2D eigenvalue weighted by molar-refractivity contribution is 5.49.